The molecular weight excluding hydrogens is 358 g/mol. The second-order valence-corrected chi connectivity index (χ2v) is 7.01. The summed E-state index contributed by atoms with van der Waals surface area (Å²) in [6.45, 7) is 7.63. The molecule has 102 valence electrons. The topological polar surface area (TPSA) is 23.5 Å². The number of nitrogens with zero attached hydrogens (tertiary/aromatic N) is 1. The molecule has 0 aliphatic rings. The van der Waals surface area contributed by atoms with E-state index in [1.54, 1.807) is 0 Å². The van der Waals surface area contributed by atoms with Gasteiger partial charge >= 0.3 is 0 Å². The molecule has 0 bridgehead atoms. The summed E-state index contributed by atoms with van der Waals surface area (Å²) in [5.41, 5.74) is 1.18. The first-order valence-electron chi connectivity index (χ1n) is 6.18. The van der Waals surface area contributed by atoms with Crippen LogP contribution in [0.15, 0.2) is 21.1 Å². The van der Waals surface area contributed by atoms with Gasteiger partial charge in [0.05, 0.1) is 8.95 Å². The van der Waals surface area contributed by atoms with Crippen LogP contribution >= 0.6 is 31.9 Å². The van der Waals surface area contributed by atoms with Crippen molar-refractivity contribution in [2.75, 3.05) is 7.05 Å². The molecule has 0 saturated carbocycles. The predicted molar refractivity (Wildman–Crippen MR) is 83.9 cm³/mol. The quantitative estimate of drug-likeness (QED) is 0.796. The zero-order valence-electron chi connectivity index (χ0n) is 11.4. The maximum atomic E-state index is 9.69. The Labute approximate surface area is 127 Å². The highest BCUT2D eigenvalue weighted by Crippen LogP contribution is 2.33. The number of benzene rings is 1. The monoisotopic (exact) mass is 377 g/mol. The molecule has 0 aliphatic carbocycles. The number of aromatic hydroxyl groups is 1. The first kappa shape index (κ1) is 16.0. The van der Waals surface area contributed by atoms with Crippen molar-refractivity contribution in [3.63, 3.8) is 0 Å². The Kier molecular flexibility index (Phi) is 6.15. The molecule has 0 aromatic heterocycles. The van der Waals surface area contributed by atoms with Gasteiger partial charge in [-0.1, -0.05) is 13.8 Å². The van der Waals surface area contributed by atoms with Crippen molar-refractivity contribution >= 4 is 31.9 Å². The van der Waals surface area contributed by atoms with E-state index in [-0.39, 0.29) is 5.75 Å². The molecule has 0 spiro atoms. The molecule has 1 N–H and O–H groups in total. The number of hydrogen-bond acceptors (Lipinski definition) is 2. The standard InChI is InChI=1S/C14H21Br2NO/c1-9(2)5-10(3)17(4)8-11-6-12(15)14(18)13(16)7-11/h6-7,9-10,18H,5,8H2,1-4H3. The van der Waals surface area contributed by atoms with Gasteiger partial charge in [-0.2, -0.15) is 0 Å². The lowest BCUT2D eigenvalue weighted by Crippen LogP contribution is -2.29. The summed E-state index contributed by atoms with van der Waals surface area (Å²) in [6, 6.07) is 4.49. The second-order valence-electron chi connectivity index (χ2n) is 5.30. The van der Waals surface area contributed by atoms with Gasteiger partial charge in [0.1, 0.15) is 5.75 Å². The molecule has 0 aliphatic heterocycles. The Hall–Kier alpha value is -0.0600. The van der Waals surface area contributed by atoms with Crippen molar-refractivity contribution in [1.29, 1.82) is 0 Å². The van der Waals surface area contributed by atoms with E-state index in [4.69, 9.17) is 0 Å². The molecular formula is C14H21Br2NO. The van der Waals surface area contributed by atoms with E-state index in [0.29, 0.717) is 12.0 Å². The number of phenolic OH excluding ortho intramolecular Hbond substituents is 1. The molecule has 1 aromatic rings. The molecule has 0 radical (unpaired) electrons. The van der Waals surface area contributed by atoms with E-state index in [9.17, 15) is 5.11 Å². The Balaban J connectivity index is 2.73. The minimum atomic E-state index is 0.261. The lowest BCUT2D eigenvalue weighted by atomic mass is 10.0. The highest BCUT2D eigenvalue weighted by molar-refractivity contribution is 9.11. The number of halogens is 2. The third-order valence-corrected chi connectivity index (χ3v) is 4.28. The largest absolute Gasteiger partial charge is 0.506 e. The molecule has 0 heterocycles. The van der Waals surface area contributed by atoms with Gasteiger partial charge in [0, 0.05) is 12.6 Å². The van der Waals surface area contributed by atoms with Crippen molar-refractivity contribution < 1.29 is 5.11 Å². The highest BCUT2D eigenvalue weighted by Gasteiger charge is 2.13. The average Bonchev–Trinajstić information content (AvgIpc) is 2.24. The van der Waals surface area contributed by atoms with Crippen LogP contribution in [-0.4, -0.2) is 23.1 Å². The van der Waals surface area contributed by atoms with Gasteiger partial charge in [-0.05, 0) is 75.9 Å². The van der Waals surface area contributed by atoms with E-state index < -0.39 is 0 Å². The van der Waals surface area contributed by atoms with Gasteiger partial charge in [0.2, 0.25) is 0 Å². The third-order valence-electron chi connectivity index (χ3n) is 3.07. The smallest absolute Gasteiger partial charge is 0.143 e. The Morgan fingerprint density at radius 2 is 1.67 bits per heavy atom. The normalized spacial score (nSPS) is 13.3. The van der Waals surface area contributed by atoms with Crippen molar-refractivity contribution in [3.8, 4) is 5.75 Å². The summed E-state index contributed by atoms with van der Waals surface area (Å²) in [6.07, 6.45) is 1.19. The average molecular weight is 379 g/mol. The van der Waals surface area contributed by atoms with E-state index in [1.165, 1.54) is 12.0 Å². The summed E-state index contributed by atoms with van der Waals surface area (Å²) in [5.74, 6) is 0.970. The van der Waals surface area contributed by atoms with Crippen molar-refractivity contribution in [3.05, 3.63) is 26.6 Å². The zero-order chi connectivity index (χ0) is 13.9. The Bertz CT molecular complexity index is 384. The minimum absolute atomic E-state index is 0.261. The molecule has 0 fully saturated rings. The molecule has 0 amide bonds. The molecule has 2 nitrogen and oxygen atoms in total. The maximum absolute atomic E-state index is 9.69. The zero-order valence-corrected chi connectivity index (χ0v) is 14.5. The van der Waals surface area contributed by atoms with Crippen LogP contribution in [0, 0.1) is 5.92 Å². The lowest BCUT2D eigenvalue weighted by Gasteiger charge is -2.26. The summed E-state index contributed by atoms with van der Waals surface area (Å²) in [4.78, 5) is 2.34. The summed E-state index contributed by atoms with van der Waals surface area (Å²) in [5, 5.41) is 9.69. The fourth-order valence-corrected chi connectivity index (χ4v) is 3.30. The minimum Gasteiger partial charge on any atom is -0.506 e. The SMILES string of the molecule is CC(C)CC(C)N(C)Cc1cc(Br)c(O)c(Br)c1. The van der Waals surface area contributed by atoms with Gasteiger partial charge < -0.3 is 5.11 Å². The Morgan fingerprint density at radius 3 is 2.11 bits per heavy atom. The first-order chi connectivity index (χ1) is 8.31. The van der Waals surface area contributed by atoms with Crippen LogP contribution in [0.5, 0.6) is 5.75 Å². The van der Waals surface area contributed by atoms with E-state index in [1.807, 2.05) is 12.1 Å². The number of phenols is 1. The Morgan fingerprint density at radius 1 is 1.17 bits per heavy atom. The van der Waals surface area contributed by atoms with Crippen molar-refractivity contribution in [2.45, 2.75) is 39.8 Å². The van der Waals surface area contributed by atoms with Gasteiger partial charge in [-0.15, -0.1) is 0 Å². The first-order valence-corrected chi connectivity index (χ1v) is 7.77. The molecule has 1 aromatic carbocycles. The second kappa shape index (κ2) is 6.92. The third kappa shape index (κ3) is 4.56. The van der Waals surface area contributed by atoms with Crippen molar-refractivity contribution in [1.82, 2.24) is 4.90 Å². The van der Waals surface area contributed by atoms with Gasteiger partial charge in [-0.3, -0.25) is 4.90 Å². The van der Waals surface area contributed by atoms with E-state index >= 15 is 0 Å². The fourth-order valence-electron chi connectivity index (χ4n) is 2.02. The van der Waals surface area contributed by atoms with Crippen LogP contribution in [0.25, 0.3) is 0 Å². The maximum Gasteiger partial charge on any atom is 0.143 e. The van der Waals surface area contributed by atoms with Crippen LogP contribution in [0.2, 0.25) is 0 Å². The van der Waals surface area contributed by atoms with Crippen LogP contribution in [0.3, 0.4) is 0 Å². The van der Waals surface area contributed by atoms with Gasteiger partial charge in [-0.25, -0.2) is 0 Å². The molecule has 1 rings (SSSR count). The van der Waals surface area contributed by atoms with E-state index in [2.05, 4.69) is 64.6 Å². The fraction of sp³-hybridized carbons (Fsp3) is 0.571. The summed E-state index contributed by atoms with van der Waals surface area (Å²) in [7, 11) is 2.14. The molecule has 18 heavy (non-hydrogen) atoms. The summed E-state index contributed by atoms with van der Waals surface area (Å²) >= 11 is 6.73. The summed E-state index contributed by atoms with van der Waals surface area (Å²) < 4.78 is 1.47. The molecule has 4 heteroatoms. The molecule has 0 saturated heterocycles. The highest BCUT2D eigenvalue weighted by atomic mass is 79.9. The van der Waals surface area contributed by atoms with Crippen LogP contribution in [0.4, 0.5) is 0 Å². The van der Waals surface area contributed by atoms with Crippen LogP contribution in [-0.2, 0) is 6.54 Å². The van der Waals surface area contributed by atoms with Crippen LogP contribution < -0.4 is 0 Å². The number of hydrogen-bond donors (Lipinski definition) is 1. The van der Waals surface area contributed by atoms with Crippen LogP contribution in [0.1, 0.15) is 32.8 Å². The molecule has 1 unspecified atom stereocenters. The number of rotatable bonds is 5. The lowest BCUT2D eigenvalue weighted by molar-refractivity contribution is 0.220. The molecule has 1 atom stereocenters. The van der Waals surface area contributed by atoms with Gasteiger partial charge in [0.25, 0.3) is 0 Å². The van der Waals surface area contributed by atoms with E-state index in [0.717, 1.165) is 15.5 Å². The van der Waals surface area contributed by atoms with Gasteiger partial charge in [0.15, 0.2) is 0 Å². The predicted octanol–water partition coefficient (Wildman–Crippen LogP) is 4.78. The van der Waals surface area contributed by atoms with Crippen molar-refractivity contribution in [2.24, 2.45) is 5.92 Å².